The van der Waals surface area contributed by atoms with Gasteiger partial charge in [-0.2, -0.15) is 0 Å². The molecule has 4 heteroatoms. The molecule has 3 rings (SSSR count). The summed E-state index contributed by atoms with van der Waals surface area (Å²) in [5.74, 6) is 1.54. The molecule has 3 aromatic rings. The predicted octanol–water partition coefficient (Wildman–Crippen LogP) is 6.63. The Morgan fingerprint density at radius 2 is 0.935 bits per heavy atom. The van der Waals surface area contributed by atoms with Crippen molar-refractivity contribution in [1.29, 1.82) is 0 Å². The van der Waals surface area contributed by atoms with Gasteiger partial charge in [-0.15, -0.1) is 0 Å². The maximum Gasteiger partial charge on any atom is 0.126 e. The third kappa shape index (κ3) is 7.27. The molecule has 0 aliphatic heterocycles. The normalized spacial score (nSPS) is 10.7. The molecule has 0 saturated heterocycles. The fraction of sp³-hybridized carbons (Fsp3) is 0.185. The molecule has 0 atom stereocenters. The van der Waals surface area contributed by atoms with E-state index in [-0.39, 0.29) is 0 Å². The van der Waals surface area contributed by atoms with Crippen LogP contribution >= 0.6 is 0 Å². The van der Waals surface area contributed by atoms with E-state index in [9.17, 15) is 0 Å². The molecule has 0 aliphatic carbocycles. The number of ether oxygens (including phenoxy) is 2. The van der Waals surface area contributed by atoms with Gasteiger partial charge in [-0.25, -0.2) is 0 Å². The summed E-state index contributed by atoms with van der Waals surface area (Å²) < 4.78 is 11.2. The molecule has 0 spiro atoms. The second-order valence-corrected chi connectivity index (χ2v) is 7.04. The van der Waals surface area contributed by atoms with E-state index in [1.807, 2.05) is 85.0 Å². The molecular weight excluding hydrogens is 384 g/mol. The van der Waals surface area contributed by atoms with E-state index in [2.05, 4.69) is 13.8 Å². The zero-order valence-electron chi connectivity index (χ0n) is 18.8. The van der Waals surface area contributed by atoms with E-state index in [1.165, 1.54) is 6.42 Å². The van der Waals surface area contributed by atoms with Crippen molar-refractivity contribution in [3.8, 4) is 11.5 Å². The first kappa shape index (κ1) is 23.6. The van der Waals surface area contributed by atoms with Gasteiger partial charge >= 0.3 is 0 Å². The molecule has 3 aromatic carbocycles. The first-order valence-electron chi connectivity index (χ1n) is 10.3. The van der Waals surface area contributed by atoms with Crippen LogP contribution in [0.4, 0.5) is 11.4 Å². The number of nitrogens with two attached hydrogens (primary N) is 2. The van der Waals surface area contributed by atoms with E-state index in [0.717, 1.165) is 45.1 Å². The van der Waals surface area contributed by atoms with Crippen molar-refractivity contribution in [1.82, 2.24) is 0 Å². The lowest BCUT2D eigenvalue weighted by molar-refractivity contribution is 0.401. The molecule has 31 heavy (non-hydrogen) atoms. The Morgan fingerprint density at radius 1 is 0.613 bits per heavy atom. The number of hydrogen-bond acceptors (Lipinski definition) is 4. The van der Waals surface area contributed by atoms with Crippen LogP contribution in [0, 0.1) is 0 Å². The predicted molar refractivity (Wildman–Crippen MR) is 135 cm³/mol. The lowest BCUT2D eigenvalue weighted by Crippen LogP contribution is -1.93. The number of hydrogen-bond donors (Lipinski definition) is 2. The van der Waals surface area contributed by atoms with Crippen LogP contribution < -0.4 is 20.9 Å². The van der Waals surface area contributed by atoms with Crippen molar-refractivity contribution in [2.45, 2.75) is 20.3 Å². The second-order valence-electron chi connectivity index (χ2n) is 7.04. The third-order valence-corrected chi connectivity index (χ3v) is 4.37. The topological polar surface area (TPSA) is 70.5 Å². The number of anilines is 2. The molecule has 0 radical (unpaired) electrons. The minimum absolute atomic E-state index is 0.744. The standard InChI is InChI=1S/C24H24N2O2.C3H8/c1-27-23-15-20(10-4-18-7-13-22(26)14-8-18)24(28-2)16-19(23)9-3-17-5-11-21(25)12-6-17;1-3-2/h3-16H,25-26H2,1-2H3;3H2,1-2H3/b9-3+,10-4+;. The first-order chi connectivity index (χ1) is 15.0. The maximum absolute atomic E-state index is 5.74. The first-order valence-corrected chi connectivity index (χ1v) is 10.3. The van der Waals surface area contributed by atoms with Gasteiger partial charge in [0.2, 0.25) is 0 Å². The highest BCUT2D eigenvalue weighted by molar-refractivity contribution is 5.79. The molecule has 0 aliphatic rings. The average molecular weight is 417 g/mol. The molecule has 0 fully saturated rings. The molecule has 0 unspecified atom stereocenters. The Kier molecular flexibility index (Phi) is 9.24. The van der Waals surface area contributed by atoms with E-state index < -0.39 is 0 Å². The van der Waals surface area contributed by atoms with Gasteiger partial charge in [-0.3, -0.25) is 0 Å². The number of methoxy groups -OCH3 is 2. The van der Waals surface area contributed by atoms with Crippen molar-refractivity contribution in [3.05, 3.63) is 82.9 Å². The van der Waals surface area contributed by atoms with E-state index in [1.54, 1.807) is 14.2 Å². The van der Waals surface area contributed by atoms with Crippen LogP contribution in [0.15, 0.2) is 60.7 Å². The minimum atomic E-state index is 0.744. The number of benzene rings is 3. The fourth-order valence-electron chi connectivity index (χ4n) is 2.79. The molecule has 0 bridgehead atoms. The molecule has 0 amide bonds. The summed E-state index contributed by atoms with van der Waals surface area (Å²) in [6.07, 6.45) is 9.28. The van der Waals surface area contributed by atoms with Crippen molar-refractivity contribution in [2.24, 2.45) is 0 Å². The van der Waals surface area contributed by atoms with E-state index in [4.69, 9.17) is 20.9 Å². The van der Waals surface area contributed by atoms with Gasteiger partial charge in [0, 0.05) is 22.5 Å². The minimum Gasteiger partial charge on any atom is -0.496 e. The molecular formula is C27H32N2O2. The molecule has 4 nitrogen and oxygen atoms in total. The third-order valence-electron chi connectivity index (χ3n) is 4.37. The summed E-state index contributed by atoms with van der Waals surface area (Å²) in [7, 11) is 3.33. The highest BCUT2D eigenvalue weighted by Crippen LogP contribution is 2.31. The lowest BCUT2D eigenvalue weighted by Gasteiger charge is -2.11. The van der Waals surface area contributed by atoms with Crippen molar-refractivity contribution >= 4 is 35.7 Å². The van der Waals surface area contributed by atoms with Gasteiger partial charge in [0.1, 0.15) is 11.5 Å². The van der Waals surface area contributed by atoms with Gasteiger partial charge in [-0.1, -0.05) is 68.8 Å². The molecule has 0 heterocycles. The van der Waals surface area contributed by atoms with Crippen LogP contribution in [0.25, 0.3) is 24.3 Å². The van der Waals surface area contributed by atoms with Crippen LogP contribution in [-0.2, 0) is 0 Å². The summed E-state index contributed by atoms with van der Waals surface area (Å²) in [5.41, 5.74) is 16.9. The summed E-state index contributed by atoms with van der Waals surface area (Å²) in [6, 6.07) is 19.3. The Balaban J connectivity index is 0.00000107. The highest BCUT2D eigenvalue weighted by atomic mass is 16.5. The smallest absolute Gasteiger partial charge is 0.126 e. The van der Waals surface area contributed by atoms with Gasteiger partial charge < -0.3 is 20.9 Å². The Hall–Kier alpha value is -3.66. The van der Waals surface area contributed by atoms with Crippen LogP contribution in [0.2, 0.25) is 0 Å². The number of rotatable bonds is 6. The Labute approximate surface area is 185 Å². The summed E-state index contributed by atoms with van der Waals surface area (Å²) >= 11 is 0. The Morgan fingerprint density at radius 3 is 1.23 bits per heavy atom. The zero-order valence-corrected chi connectivity index (χ0v) is 18.8. The SMILES string of the molecule is CCC.COc1cc(/C=C/c2ccc(N)cc2)c(OC)cc1/C=C/c1ccc(N)cc1. The molecule has 0 saturated carbocycles. The van der Waals surface area contributed by atoms with E-state index in [0.29, 0.717) is 0 Å². The zero-order chi connectivity index (χ0) is 22.6. The van der Waals surface area contributed by atoms with E-state index >= 15 is 0 Å². The molecule has 162 valence electrons. The van der Waals surface area contributed by atoms with Crippen molar-refractivity contribution < 1.29 is 9.47 Å². The van der Waals surface area contributed by atoms with Crippen LogP contribution in [0.3, 0.4) is 0 Å². The van der Waals surface area contributed by atoms with Crippen LogP contribution in [-0.4, -0.2) is 14.2 Å². The Bertz CT molecular complexity index is 921. The highest BCUT2D eigenvalue weighted by Gasteiger charge is 2.08. The summed E-state index contributed by atoms with van der Waals surface area (Å²) in [6.45, 7) is 4.25. The second kappa shape index (κ2) is 12.1. The van der Waals surface area contributed by atoms with Gasteiger partial charge in [0.05, 0.1) is 14.2 Å². The van der Waals surface area contributed by atoms with Gasteiger partial charge in [-0.05, 0) is 47.5 Å². The fourth-order valence-corrected chi connectivity index (χ4v) is 2.79. The van der Waals surface area contributed by atoms with Gasteiger partial charge in [0.25, 0.3) is 0 Å². The summed E-state index contributed by atoms with van der Waals surface area (Å²) in [4.78, 5) is 0. The van der Waals surface area contributed by atoms with Crippen molar-refractivity contribution in [2.75, 3.05) is 25.7 Å². The number of nitrogen functional groups attached to an aromatic ring is 2. The lowest BCUT2D eigenvalue weighted by atomic mass is 10.1. The van der Waals surface area contributed by atoms with Gasteiger partial charge in [0.15, 0.2) is 0 Å². The molecule has 4 N–H and O–H groups in total. The monoisotopic (exact) mass is 416 g/mol. The maximum atomic E-state index is 5.74. The largest absolute Gasteiger partial charge is 0.496 e. The molecule has 0 aromatic heterocycles. The van der Waals surface area contributed by atoms with Crippen molar-refractivity contribution in [3.63, 3.8) is 0 Å². The van der Waals surface area contributed by atoms with Crippen LogP contribution in [0.5, 0.6) is 11.5 Å². The quantitative estimate of drug-likeness (QED) is 0.350. The average Bonchev–Trinajstić information content (AvgIpc) is 2.78. The summed E-state index contributed by atoms with van der Waals surface area (Å²) in [5, 5.41) is 0. The van der Waals surface area contributed by atoms with Crippen LogP contribution in [0.1, 0.15) is 42.5 Å².